The predicted octanol–water partition coefficient (Wildman–Crippen LogP) is 21.7. The third-order valence-corrected chi connectivity index (χ3v) is 20.4. The van der Waals surface area contributed by atoms with Crippen LogP contribution in [0.3, 0.4) is 0 Å². The summed E-state index contributed by atoms with van der Waals surface area (Å²) in [6.45, 7) is -0.288. The Balaban J connectivity index is 1.10. The standard InChI is InChI=1S/C90H56BN3/c1-5-27-57(28-6-1)61-51-76-66-35-13-15-41-72(66)86-64(59-31-9-3-10-32-59)43-25-45-74(86)70-39-19-23-49-82(70)93-84-55-63(92-80-47-21-17-37-68(80)69-38-18-22-48-81(69)92)56-85-88(84)91(78(53-61)89(76)93)79-54-62(58-29-7-2-8-30-58)52-77-67-36-14-16-42-73(67)87-65(60-33-11-4-12-34-60)44-26-46-75(87)71-40-20-24-50-83(71)94(85)90(77)79/h1-56H. The molecule has 0 atom stereocenters. The molecule has 0 radical (unpaired) electrons. The summed E-state index contributed by atoms with van der Waals surface area (Å²) >= 11 is 0. The van der Waals surface area contributed by atoms with Crippen LogP contribution in [0.5, 0.6) is 0 Å². The second-order valence-electron chi connectivity index (χ2n) is 25.3. The minimum Gasteiger partial charge on any atom is -0.310 e. The number of rotatable bonds is 5. The van der Waals surface area contributed by atoms with Crippen molar-refractivity contribution in [3.05, 3.63) is 340 Å². The second-order valence-corrected chi connectivity index (χ2v) is 25.3. The number of aromatic nitrogens is 3. The lowest BCUT2D eigenvalue weighted by molar-refractivity contribution is 1.10. The number of nitrogens with zero attached hydrogens (tertiary/aromatic N) is 3. The highest BCUT2D eigenvalue weighted by molar-refractivity contribution is 7.00. The first-order valence-corrected chi connectivity index (χ1v) is 32.7. The summed E-state index contributed by atoms with van der Waals surface area (Å²) in [5.74, 6) is 0. The third-order valence-electron chi connectivity index (χ3n) is 20.4. The Morgan fingerprint density at radius 3 is 0.894 bits per heavy atom. The van der Waals surface area contributed by atoms with Gasteiger partial charge in [-0.15, -0.1) is 0 Å². The number of benzene rings is 15. The van der Waals surface area contributed by atoms with Crippen LogP contribution in [-0.4, -0.2) is 20.4 Å². The average Bonchev–Trinajstić information content (AvgIpc) is 0.966. The Labute approximate surface area is 543 Å². The molecule has 0 aliphatic carbocycles. The van der Waals surface area contributed by atoms with Gasteiger partial charge in [-0.25, -0.2) is 0 Å². The van der Waals surface area contributed by atoms with Gasteiger partial charge in [0.05, 0.1) is 27.8 Å². The molecule has 3 nitrogen and oxygen atoms in total. The second kappa shape index (κ2) is 20.6. The van der Waals surface area contributed by atoms with E-state index in [1.807, 2.05) is 0 Å². The Morgan fingerprint density at radius 1 is 0.202 bits per heavy atom. The van der Waals surface area contributed by atoms with Crippen molar-refractivity contribution in [1.82, 2.24) is 13.7 Å². The molecule has 2 aliphatic rings. The first-order valence-electron chi connectivity index (χ1n) is 32.7. The minimum atomic E-state index is -0.288. The molecule has 0 unspecified atom stereocenters. The summed E-state index contributed by atoms with van der Waals surface area (Å²) in [6.07, 6.45) is 0. The Bertz CT molecular complexity index is 6010. The molecule has 0 bridgehead atoms. The number of fused-ring (bicyclic) bond motifs is 21. The molecule has 0 saturated heterocycles. The van der Waals surface area contributed by atoms with Crippen molar-refractivity contribution in [3.63, 3.8) is 0 Å². The molecule has 20 rings (SSSR count). The molecule has 18 aromatic rings. The lowest BCUT2D eigenvalue weighted by Gasteiger charge is -2.37. The van der Waals surface area contributed by atoms with Crippen molar-refractivity contribution >= 4 is 132 Å². The van der Waals surface area contributed by atoms with Crippen molar-refractivity contribution in [2.75, 3.05) is 0 Å². The SMILES string of the molecule is c1ccc(-c2cc3c4c(c2)c2ccccc2c2c(-c5ccccc5)cccc2c2ccccc2n4-c2cc(-n4c5ccccc5c5ccccc54)cc4c2B3c2cc(-c3ccccc3)cc3c5ccccc5c5c(-c6ccccc6)cccc5c5ccccc5n-4c23)cc1. The lowest BCUT2D eigenvalue weighted by Crippen LogP contribution is -2.60. The molecule has 3 aromatic heterocycles. The zero-order chi connectivity index (χ0) is 61.5. The first kappa shape index (κ1) is 52.5. The maximum absolute atomic E-state index is 2.70. The predicted molar refractivity (Wildman–Crippen MR) is 401 cm³/mol. The molecule has 0 spiro atoms. The fourth-order valence-electron chi connectivity index (χ4n) is 16.6. The fraction of sp³-hybridized carbons (Fsp3) is 0. The molecule has 0 fully saturated rings. The molecule has 434 valence electrons. The molecule has 0 saturated carbocycles. The van der Waals surface area contributed by atoms with Gasteiger partial charge in [0.1, 0.15) is 0 Å². The smallest absolute Gasteiger partial charge is 0.252 e. The summed E-state index contributed by atoms with van der Waals surface area (Å²) in [5, 5.41) is 16.6. The molecular weight excluding hydrogens is 1130 g/mol. The topological polar surface area (TPSA) is 14.8 Å². The molecule has 5 heterocycles. The van der Waals surface area contributed by atoms with E-state index in [0.29, 0.717) is 0 Å². The van der Waals surface area contributed by atoms with Crippen LogP contribution in [0.2, 0.25) is 0 Å². The van der Waals surface area contributed by atoms with E-state index in [4.69, 9.17) is 0 Å². The van der Waals surface area contributed by atoms with E-state index in [2.05, 4.69) is 353 Å². The molecule has 0 amide bonds. The van der Waals surface area contributed by atoms with E-state index in [1.165, 1.54) is 137 Å². The van der Waals surface area contributed by atoms with Gasteiger partial charge in [-0.3, -0.25) is 0 Å². The van der Waals surface area contributed by atoms with E-state index in [0.717, 1.165) is 49.9 Å². The van der Waals surface area contributed by atoms with Crippen LogP contribution >= 0.6 is 0 Å². The maximum Gasteiger partial charge on any atom is 0.252 e. The lowest BCUT2D eigenvalue weighted by atomic mass is 9.34. The van der Waals surface area contributed by atoms with E-state index in [1.54, 1.807) is 0 Å². The van der Waals surface area contributed by atoms with Crippen molar-refractivity contribution in [1.29, 1.82) is 0 Å². The van der Waals surface area contributed by atoms with Gasteiger partial charge >= 0.3 is 0 Å². The zero-order valence-corrected chi connectivity index (χ0v) is 51.3. The van der Waals surface area contributed by atoms with Gasteiger partial charge in [0, 0.05) is 54.7 Å². The van der Waals surface area contributed by atoms with Gasteiger partial charge in [-0.05, 0) is 153 Å². The molecule has 2 aliphatic heterocycles. The Morgan fingerprint density at radius 2 is 0.500 bits per heavy atom. The summed E-state index contributed by atoms with van der Waals surface area (Å²) in [5.41, 5.74) is 23.4. The van der Waals surface area contributed by atoms with E-state index < -0.39 is 0 Å². The fourth-order valence-corrected chi connectivity index (χ4v) is 16.6. The van der Waals surface area contributed by atoms with E-state index in [-0.39, 0.29) is 6.71 Å². The summed E-state index contributed by atoms with van der Waals surface area (Å²) in [7, 11) is 0. The molecule has 94 heavy (non-hydrogen) atoms. The van der Waals surface area contributed by atoms with Crippen molar-refractivity contribution < 1.29 is 0 Å². The number of hydrogen-bond acceptors (Lipinski definition) is 0. The van der Waals surface area contributed by atoms with Crippen molar-refractivity contribution in [2.24, 2.45) is 0 Å². The third kappa shape index (κ3) is 7.68. The molecule has 4 heteroatoms. The van der Waals surface area contributed by atoms with E-state index in [9.17, 15) is 0 Å². The van der Waals surface area contributed by atoms with Crippen molar-refractivity contribution in [2.45, 2.75) is 0 Å². The van der Waals surface area contributed by atoms with Crippen LogP contribution in [0, 0.1) is 0 Å². The summed E-state index contributed by atoms with van der Waals surface area (Å²) in [4.78, 5) is 0. The van der Waals surface area contributed by atoms with Crippen molar-refractivity contribution in [3.8, 4) is 61.6 Å². The van der Waals surface area contributed by atoms with Gasteiger partial charge in [0.25, 0.3) is 6.71 Å². The molecular formula is C90H56BN3. The van der Waals surface area contributed by atoms with Gasteiger partial charge in [0.2, 0.25) is 0 Å². The quantitative estimate of drug-likeness (QED) is 0.153. The van der Waals surface area contributed by atoms with Gasteiger partial charge in [-0.2, -0.15) is 0 Å². The highest BCUT2D eigenvalue weighted by Gasteiger charge is 2.41. The summed E-state index contributed by atoms with van der Waals surface area (Å²) < 4.78 is 7.95. The highest BCUT2D eigenvalue weighted by Crippen LogP contribution is 2.46. The largest absolute Gasteiger partial charge is 0.310 e. The van der Waals surface area contributed by atoms with Crippen LogP contribution < -0.4 is 16.4 Å². The van der Waals surface area contributed by atoms with Crippen LogP contribution in [0.4, 0.5) is 0 Å². The average molecular weight is 1190 g/mol. The normalized spacial score (nSPS) is 12.2. The summed E-state index contributed by atoms with van der Waals surface area (Å²) in [6, 6.07) is 128. The van der Waals surface area contributed by atoms with E-state index >= 15 is 0 Å². The zero-order valence-electron chi connectivity index (χ0n) is 51.3. The van der Waals surface area contributed by atoms with Crippen LogP contribution in [-0.2, 0) is 0 Å². The van der Waals surface area contributed by atoms with Crippen LogP contribution in [0.15, 0.2) is 340 Å². The minimum absolute atomic E-state index is 0.288. The molecule has 15 aromatic carbocycles. The Hall–Kier alpha value is -12.2. The number of para-hydroxylation sites is 4. The Kier molecular flexibility index (Phi) is 11.5. The van der Waals surface area contributed by atoms with Crippen LogP contribution in [0.25, 0.3) is 170 Å². The van der Waals surface area contributed by atoms with Crippen LogP contribution in [0.1, 0.15) is 0 Å². The van der Waals surface area contributed by atoms with Gasteiger partial charge < -0.3 is 13.7 Å². The monoisotopic (exact) mass is 1190 g/mol. The first-order chi connectivity index (χ1) is 46.7. The van der Waals surface area contributed by atoms with Gasteiger partial charge in [0.15, 0.2) is 0 Å². The van der Waals surface area contributed by atoms with Gasteiger partial charge in [-0.1, -0.05) is 291 Å². The highest BCUT2D eigenvalue weighted by atomic mass is 15.1. The maximum atomic E-state index is 2.70. The number of hydrogen-bond donors (Lipinski definition) is 0. The molecule has 0 N–H and O–H groups in total.